The van der Waals surface area contributed by atoms with Gasteiger partial charge in [-0.3, -0.25) is 0 Å². The van der Waals surface area contributed by atoms with Crippen molar-refractivity contribution in [2.24, 2.45) is 0 Å². The van der Waals surface area contributed by atoms with Crippen molar-refractivity contribution >= 4 is 32.9 Å². The molecule has 148 valence electrons. The summed E-state index contributed by atoms with van der Waals surface area (Å²) in [5, 5.41) is 9.05. The van der Waals surface area contributed by atoms with Crippen LogP contribution in [0.5, 0.6) is 0 Å². The number of hydrogen-bond donors (Lipinski definition) is 1. The quantitative estimate of drug-likeness (QED) is 0.392. The van der Waals surface area contributed by atoms with Crippen LogP contribution < -0.4 is 5.32 Å². The third-order valence-corrected chi connectivity index (χ3v) is 6.17. The molecule has 0 atom stereocenters. The smallest absolute Gasteiger partial charge is 0.187 e. The van der Waals surface area contributed by atoms with Gasteiger partial charge >= 0.3 is 0 Å². The Labute approximate surface area is 177 Å². The number of fused-ring (bicyclic) bond motifs is 1. The first-order valence-corrected chi connectivity index (χ1v) is 10.9. The number of likely N-dealkylation sites (N-methyl/N-ethyl adjacent to an activating group) is 1. The molecule has 0 saturated carbocycles. The Morgan fingerprint density at radius 3 is 2.66 bits per heavy atom. The molecule has 0 bridgehead atoms. The van der Waals surface area contributed by atoms with Crippen LogP contribution in [0.25, 0.3) is 10.8 Å². The van der Waals surface area contributed by atoms with E-state index in [1.54, 1.807) is 11.3 Å². The van der Waals surface area contributed by atoms with Crippen molar-refractivity contribution in [1.82, 2.24) is 9.88 Å². The maximum Gasteiger partial charge on any atom is 0.187 e. The number of hydrogen-bond acceptors (Lipinski definition) is 4. The van der Waals surface area contributed by atoms with Gasteiger partial charge in [0, 0.05) is 29.5 Å². The van der Waals surface area contributed by atoms with E-state index in [0.717, 1.165) is 36.0 Å². The van der Waals surface area contributed by atoms with Crippen molar-refractivity contribution in [1.29, 1.82) is 0 Å². The molecule has 0 aliphatic rings. The van der Waals surface area contributed by atoms with Crippen molar-refractivity contribution in [3.05, 3.63) is 88.4 Å². The van der Waals surface area contributed by atoms with E-state index in [2.05, 4.69) is 97.2 Å². The Morgan fingerprint density at radius 1 is 0.966 bits per heavy atom. The number of rotatable bonds is 7. The molecule has 0 aliphatic carbocycles. The molecule has 4 heteroatoms. The molecule has 1 heterocycles. The van der Waals surface area contributed by atoms with Gasteiger partial charge in [-0.15, -0.1) is 11.3 Å². The van der Waals surface area contributed by atoms with Crippen molar-refractivity contribution in [3.8, 4) is 0 Å². The van der Waals surface area contributed by atoms with Gasteiger partial charge < -0.3 is 10.2 Å². The highest BCUT2D eigenvalue weighted by Gasteiger charge is 2.08. The SMILES string of the molecule is Cc1ccc(CCN(C)Cc2csc(Nc3cccc4ccccc34)n2)cc1C. The maximum atomic E-state index is 4.80. The summed E-state index contributed by atoms with van der Waals surface area (Å²) >= 11 is 1.66. The second kappa shape index (κ2) is 8.76. The number of nitrogens with one attached hydrogen (secondary N) is 1. The minimum Gasteiger partial charge on any atom is -0.331 e. The van der Waals surface area contributed by atoms with Gasteiger partial charge in [0.2, 0.25) is 0 Å². The van der Waals surface area contributed by atoms with Gasteiger partial charge in [-0.25, -0.2) is 4.98 Å². The van der Waals surface area contributed by atoms with E-state index in [1.165, 1.54) is 27.5 Å². The summed E-state index contributed by atoms with van der Waals surface area (Å²) < 4.78 is 0. The molecule has 29 heavy (non-hydrogen) atoms. The van der Waals surface area contributed by atoms with Crippen LogP contribution in [0.4, 0.5) is 10.8 Å². The topological polar surface area (TPSA) is 28.2 Å². The monoisotopic (exact) mass is 401 g/mol. The average molecular weight is 402 g/mol. The molecule has 0 fully saturated rings. The molecular formula is C25H27N3S. The van der Waals surface area contributed by atoms with E-state index in [4.69, 9.17) is 4.98 Å². The highest BCUT2D eigenvalue weighted by atomic mass is 32.1. The van der Waals surface area contributed by atoms with Crippen LogP contribution in [0.2, 0.25) is 0 Å². The summed E-state index contributed by atoms with van der Waals surface area (Å²) in [6.45, 7) is 6.23. The highest BCUT2D eigenvalue weighted by Crippen LogP contribution is 2.28. The van der Waals surface area contributed by atoms with Crippen molar-refractivity contribution in [2.75, 3.05) is 18.9 Å². The summed E-state index contributed by atoms with van der Waals surface area (Å²) in [7, 11) is 2.16. The van der Waals surface area contributed by atoms with Crippen LogP contribution in [-0.4, -0.2) is 23.5 Å². The fourth-order valence-electron chi connectivity index (χ4n) is 3.52. The van der Waals surface area contributed by atoms with Gasteiger partial charge in [0.1, 0.15) is 0 Å². The van der Waals surface area contributed by atoms with Crippen LogP contribution in [-0.2, 0) is 13.0 Å². The molecule has 0 radical (unpaired) electrons. The molecule has 0 saturated heterocycles. The van der Waals surface area contributed by atoms with E-state index in [9.17, 15) is 0 Å². The first-order chi connectivity index (χ1) is 14.1. The largest absolute Gasteiger partial charge is 0.331 e. The first kappa shape index (κ1) is 19.6. The third-order valence-electron chi connectivity index (χ3n) is 5.37. The predicted molar refractivity (Wildman–Crippen MR) is 125 cm³/mol. The third kappa shape index (κ3) is 4.84. The Kier molecular flexibility index (Phi) is 5.93. The van der Waals surface area contributed by atoms with Crippen LogP contribution >= 0.6 is 11.3 Å². The molecule has 3 aromatic carbocycles. The van der Waals surface area contributed by atoms with Gasteiger partial charge in [-0.05, 0) is 55.5 Å². The molecule has 0 aliphatic heterocycles. The molecule has 0 spiro atoms. The van der Waals surface area contributed by atoms with Gasteiger partial charge in [0.25, 0.3) is 0 Å². The van der Waals surface area contributed by atoms with Crippen LogP contribution in [0, 0.1) is 13.8 Å². The Hall–Kier alpha value is -2.69. The molecule has 1 aromatic heterocycles. The highest BCUT2D eigenvalue weighted by molar-refractivity contribution is 7.13. The summed E-state index contributed by atoms with van der Waals surface area (Å²) in [5.41, 5.74) is 6.34. The van der Waals surface area contributed by atoms with Gasteiger partial charge in [-0.2, -0.15) is 0 Å². The lowest BCUT2D eigenvalue weighted by molar-refractivity contribution is 0.328. The molecule has 0 amide bonds. The predicted octanol–water partition coefficient (Wildman–Crippen LogP) is 6.33. The van der Waals surface area contributed by atoms with Gasteiger partial charge in [0.15, 0.2) is 5.13 Å². The van der Waals surface area contributed by atoms with Crippen LogP contribution in [0.1, 0.15) is 22.4 Å². The van der Waals surface area contributed by atoms with Crippen molar-refractivity contribution < 1.29 is 0 Å². The van der Waals surface area contributed by atoms with Crippen molar-refractivity contribution in [2.45, 2.75) is 26.8 Å². The maximum absolute atomic E-state index is 4.80. The average Bonchev–Trinajstić information content (AvgIpc) is 3.16. The van der Waals surface area contributed by atoms with E-state index >= 15 is 0 Å². The van der Waals surface area contributed by atoms with E-state index in [-0.39, 0.29) is 0 Å². The fraction of sp³-hybridized carbons (Fsp3) is 0.240. The Morgan fingerprint density at radius 2 is 1.79 bits per heavy atom. The number of anilines is 2. The van der Waals surface area contributed by atoms with Gasteiger partial charge in [-0.1, -0.05) is 54.6 Å². The Bertz CT molecular complexity index is 1110. The first-order valence-electron chi connectivity index (χ1n) is 10.0. The summed E-state index contributed by atoms with van der Waals surface area (Å²) in [4.78, 5) is 7.14. The van der Waals surface area contributed by atoms with Crippen LogP contribution in [0.3, 0.4) is 0 Å². The molecule has 4 rings (SSSR count). The fourth-order valence-corrected chi connectivity index (χ4v) is 4.23. The molecule has 0 unspecified atom stereocenters. The number of benzene rings is 3. The number of aromatic nitrogens is 1. The summed E-state index contributed by atoms with van der Waals surface area (Å²) in [6, 6.07) is 21.5. The van der Waals surface area contributed by atoms with Crippen LogP contribution in [0.15, 0.2) is 66.0 Å². The standard InChI is InChI=1S/C25H27N3S/c1-18-11-12-20(15-19(18)2)13-14-28(3)16-22-17-29-25(26-22)27-24-10-6-8-21-7-4-5-9-23(21)24/h4-12,15,17H,13-14,16H2,1-3H3,(H,26,27). The van der Waals surface area contributed by atoms with E-state index in [1.807, 2.05) is 0 Å². The van der Waals surface area contributed by atoms with Gasteiger partial charge in [0.05, 0.1) is 5.69 Å². The lowest BCUT2D eigenvalue weighted by Crippen LogP contribution is -2.21. The second-order valence-corrected chi connectivity index (χ2v) is 8.56. The molecule has 1 N–H and O–H groups in total. The number of thiazole rings is 1. The van der Waals surface area contributed by atoms with E-state index < -0.39 is 0 Å². The normalized spacial score (nSPS) is 11.3. The minimum atomic E-state index is 0.860. The summed E-state index contributed by atoms with van der Waals surface area (Å²) in [6.07, 6.45) is 1.06. The van der Waals surface area contributed by atoms with Crippen molar-refractivity contribution in [3.63, 3.8) is 0 Å². The zero-order valence-corrected chi connectivity index (χ0v) is 18.1. The lowest BCUT2D eigenvalue weighted by Gasteiger charge is -2.15. The zero-order valence-electron chi connectivity index (χ0n) is 17.3. The van der Waals surface area contributed by atoms with E-state index in [0.29, 0.717) is 0 Å². The number of nitrogens with zero attached hydrogens (tertiary/aromatic N) is 2. The Balaban J connectivity index is 1.36. The lowest BCUT2D eigenvalue weighted by atomic mass is 10.0. The zero-order chi connectivity index (χ0) is 20.2. The molecule has 3 nitrogen and oxygen atoms in total. The minimum absolute atomic E-state index is 0.860. The summed E-state index contributed by atoms with van der Waals surface area (Å²) in [5.74, 6) is 0. The second-order valence-electron chi connectivity index (χ2n) is 7.70. The molecular weight excluding hydrogens is 374 g/mol. The number of aryl methyl sites for hydroxylation is 2. The molecule has 4 aromatic rings.